The fourth-order valence-corrected chi connectivity index (χ4v) is 3.25. The lowest BCUT2D eigenvalue weighted by atomic mass is 10.0. The molecule has 1 nitrogen and oxygen atoms in total. The molecule has 1 unspecified atom stereocenters. The first-order valence-corrected chi connectivity index (χ1v) is 6.43. The van der Waals surface area contributed by atoms with Crippen LogP contribution in [0.2, 0.25) is 0 Å². The molecule has 0 spiro atoms. The second-order valence-electron chi connectivity index (χ2n) is 4.15. The van der Waals surface area contributed by atoms with Crippen LogP contribution in [0, 0.1) is 19.7 Å². The first kappa shape index (κ1) is 12.3. The monoisotopic (exact) mass is 249 g/mol. The van der Waals surface area contributed by atoms with E-state index in [1.54, 1.807) is 17.4 Å². The van der Waals surface area contributed by atoms with E-state index in [0.29, 0.717) is 5.56 Å². The number of benzene rings is 1. The number of thiophene rings is 1. The predicted molar refractivity (Wildman–Crippen MR) is 71.1 cm³/mol. The second-order valence-corrected chi connectivity index (χ2v) is 5.44. The molecule has 0 fully saturated rings. The van der Waals surface area contributed by atoms with E-state index < -0.39 is 0 Å². The average Bonchev–Trinajstić information content (AvgIpc) is 2.62. The van der Waals surface area contributed by atoms with Crippen LogP contribution in [0.25, 0.3) is 0 Å². The zero-order valence-electron chi connectivity index (χ0n) is 10.3. The summed E-state index contributed by atoms with van der Waals surface area (Å²) in [6.07, 6.45) is 0. The minimum absolute atomic E-state index is 0.0603. The standard InChI is InChI=1S/C14H16FNS/c1-9-8-10(2)17-14(9)13(16-3)11-6-4-5-7-12(11)15/h4-8,13,16H,1-3H3. The third-order valence-electron chi connectivity index (χ3n) is 2.85. The molecule has 0 aliphatic heterocycles. The molecule has 0 saturated heterocycles. The molecule has 0 saturated carbocycles. The number of nitrogens with one attached hydrogen (secondary N) is 1. The van der Waals surface area contributed by atoms with Gasteiger partial charge in [0.1, 0.15) is 5.82 Å². The van der Waals surface area contributed by atoms with Crippen molar-refractivity contribution < 1.29 is 4.39 Å². The molecule has 0 aliphatic carbocycles. The molecular formula is C14H16FNS. The Kier molecular flexibility index (Phi) is 3.60. The van der Waals surface area contributed by atoms with Crippen LogP contribution in [-0.4, -0.2) is 7.05 Å². The maximum absolute atomic E-state index is 13.8. The first-order valence-electron chi connectivity index (χ1n) is 5.62. The minimum Gasteiger partial charge on any atom is -0.309 e. The smallest absolute Gasteiger partial charge is 0.128 e. The van der Waals surface area contributed by atoms with Gasteiger partial charge in [-0.15, -0.1) is 11.3 Å². The van der Waals surface area contributed by atoms with Crippen molar-refractivity contribution in [2.75, 3.05) is 7.05 Å². The van der Waals surface area contributed by atoms with Crippen LogP contribution in [0.1, 0.15) is 26.9 Å². The number of rotatable bonds is 3. The van der Waals surface area contributed by atoms with Crippen LogP contribution in [0.4, 0.5) is 4.39 Å². The summed E-state index contributed by atoms with van der Waals surface area (Å²) in [5.41, 5.74) is 1.93. The average molecular weight is 249 g/mol. The van der Waals surface area contributed by atoms with Gasteiger partial charge in [-0.3, -0.25) is 0 Å². The van der Waals surface area contributed by atoms with Gasteiger partial charge in [0.25, 0.3) is 0 Å². The fourth-order valence-electron chi connectivity index (χ4n) is 2.08. The van der Waals surface area contributed by atoms with Crippen molar-refractivity contribution in [3.63, 3.8) is 0 Å². The molecule has 1 heterocycles. The Morgan fingerprint density at radius 1 is 1.24 bits per heavy atom. The zero-order chi connectivity index (χ0) is 12.4. The summed E-state index contributed by atoms with van der Waals surface area (Å²) in [5.74, 6) is -0.155. The molecule has 1 N–H and O–H groups in total. The van der Waals surface area contributed by atoms with E-state index in [-0.39, 0.29) is 11.9 Å². The second kappa shape index (κ2) is 4.98. The number of hydrogen-bond donors (Lipinski definition) is 1. The molecule has 1 aromatic carbocycles. The van der Waals surface area contributed by atoms with Crippen molar-refractivity contribution in [2.45, 2.75) is 19.9 Å². The highest BCUT2D eigenvalue weighted by atomic mass is 32.1. The SMILES string of the molecule is CNC(c1ccccc1F)c1sc(C)cc1C. The van der Waals surface area contributed by atoms with Crippen molar-refractivity contribution >= 4 is 11.3 Å². The van der Waals surface area contributed by atoms with Gasteiger partial charge < -0.3 is 5.32 Å². The molecule has 0 radical (unpaired) electrons. The maximum Gasteiger partial charge on any atom is 0.128 e. The van der Waals surface area contributed by atoms with E-state index in [2.05, 4.69) is 25.2 Å². The van der Waals surface area contributed by atoms with Crippen molar-refractivity contribution in [3.8, 4) is 0 Å². The van der Waals surface area contributed by atoms with Crippen LogP contribution < -0.4 is 5.32 Å². The first-order chi connectivity index (χ1) is 8.13. The van der Waals surface area contributed by atoms with Gasteiger partial charge in [-0.1, -0.05) is 18.2 Å². The summed E-state index contributed by atoms with van der Waals surface area (Å²) in [5, 5.41) is 3.20. The summed E-state index contributed by atoms with van der Waals surface area (Å²) in [6, 6.07) is 9.03. The minimum atomic E-state index is -0.155. The Balaban J connectivity index is 2.47. The normalized spacial score (nSPS) is 12.7. The van der Waals surface area contributed by atoms with Crippen molar-refractivity contribution in [1.29, 1.82) is 0 Å². The molecule has 3 heteroatoms. The summed E-state index contributed by atoms with van der Waals surface area (Å²) in [7, 11) is 1.87. The van der Waals surface area contributed by atoms with Crippen molar-refractivity contribution in [3.05, 3.63) is 57.0 Å². The lowest BCUT2D eigenvalue weighted by molar-refractivity contribution is 0.578. The summed E-state index contributed by atoms with van der Waals surface area (Å²) < 4.78 is 13.8. The van der Waals surface area contributed by atoms with Crippen molar-refractivity contribution in [2.24, 2.45) is 0 Å². The quantitative estimate of drug-likeness (QED) is 0.872. The van der Waals surface area contributed by atoms with Crippen LogP contribution in [-0.2, 0) is 0 Å². The molecule has 0 amide bonds. The summed E-state index contributed by atoms with van der Waals surface area (Å²) >= 11 is 1.72. The van der Waals surface area contributed by atoms with Crippen LogP contribution in [0.3, 0.4) is 0 Å². The Hall–Kier alpha value is -1.19. The topological polar surface area (TPSA) is 12.0 Å². The lowest BCUT2D eigenvalue weighted by Crippen LogP contribution is -2.18. The van der Waals surface area contributed by atoms with Crippen LogP contribution in [0.15, 0.2) is 30.3 Å². The Labute approximate surface area is 105 Å². The molecule has 1 aromatic heterocycles. The van der Waals surface area contributed by atoms with Crippen LogP contribution in [0.5, 0.6) is 0 Å². The molecule has 90 valence electrons. The fraction of sp³-hybridized carbons (Fsp3) is 0.286. The maximum atomic E-state index is 13.8. The summed E-state index contributed by atoms with van der Waals surface area (Å²) in [4.78, 5) is 2.45. The highest BCUT2D eigenvalue weighted by molar-refractivity contribution is 7.12. The van der Waals surface area contributed by atoms with E-state index in [9.17, 15) is 4.39 Å². The molecule has 17 heavy (non-hydrogen) atoms. The highest BCUT2D eigenvalue weighted by Gasteiger charge is 2.19. The van der Waals surface area contributed by atoms with Gasteiger partial charge >= 0.3 is 0 Å². The molecule has 0 bridgehead atoms. The van der Waals surface area contributed by atoms with Gasteiger partial charge in [-0.05, 0) is 38.6 Å². The van der Waals surface area contributed by atoms with Gasteiger partial charge in [0, 0.05) is 15.3 Å². The van der Waals surface area contributed by atoms with Crippen molar-refractivity contribution in [1.82, 2.24) is 5.32 Å². The predicted octanol–water partition coefficient (Wildman–Crippen LogP) is 3.81. The number of aryl methyl sites for hydroxylation is 2. The van der Waals surface area contributed by atoms with Gasteiger partial charge in [0.05, 0.1) is 6.04 Å². The zero-order valence-corrected chi connectivity index (χ0v) is 11.1. The Bertz CT molecular complexity index is 519. The third kappa shape index (κ3) is 2.40. The third-order valence-corrected chi connectivity index (χ3v) is 4.06. The van der Waals surface area contributed by atoms with Gasteiger partial charge in [0.15, 0.2) is 0 Å². The lowest BCUT2D eigenvalue weighted by Gasteiger charge is -2.17. The van der Waals surface area contributed by atoms with E-state index in [4.69, 9.17) is 0 Å². The molecule has 2 rings (SSSR count). The molecular weight excluding hydrogens is 233 g/mol. The van der Waals surface area contributed by atoms with Crippen LogP contribution >= 0.6 is 11.3 Å². The van der Waals surface area contributed by atoms with E-state index >= 15 is 0 Å². The summed E-state index contributed by atoms with van der Waals surface area (Å²) in [6.45, 7) is 4.15. The molecule has 0 aliphatic rings. The largest absolute Gasteiger partial charge is 0.309 e. The Morgan fingerprint density at radius 3 is 2.47 bits per heavy atom. The van der Waals surface area contributed by atoms with E-state index in [0.717, 1.165) is 0 Å². The molecule has 2 aromatic rings. The van der Waals surface area contributed by atoms with E-state index in [1.165, 1.54) is 21.4 Å². The molecule has 1 atom stereocenters. The number of hydrogen-bond acceptors (Lipinski definition) is 2. The Morgan fingerprint density at radius 2 is 1.94 bits per heavy atom. The van der Waals surface area contributed by atoms with Gasteiger partial charge in [-0.2, -0.15) is 0 Å². The van der Waals surface area contributed by atoms with E-state index in [1.807, 2.05) is 19.2 Å². The van der Waals surface area contributed by atoms with Gasteiger partial charge in [-0.25, -0.2) is 4.39 Å². The van der Waals surface area contributed by atoms with Gasteiger partial charge in [0.2, 0.25) is 0 Å². The highest BCUT2D eigenvalue weighted by Crippen LogP contribution is 2.32. The number of halogens is 1.